The maximum absolute atomic E-state index is 5.35. The molecule has 0 spiro atoms. The zero-order valence-corrected chi connectivity index (χ0v) is 6.42. The van der Waals surface area contributed by atoms with Crippen LogP contribution in [-0.4, -0.2) is 12.0 Å². The Hall–Kier alpha value is -1.25. The number of oxazole rings is 1. The van der Waals surface area contributed by atoms with Crippen LogP contribution >= 0.6 is 0 Å². The number of rotatable bonds is 1. The van der Waals surface area contributed by atoms with Gasteiger partial charge in [-0.15, -0.1) is 0 Å². The van der Waals surface area contributed by atoms with Crippen molar-refractivity contribution < 1.29 is 4.42 Å². The number of hydrogen-bond acceptors (Lipinski definition) is 3. The highest BCUT2D eigenvalue weighted by Gasteiger charge is 2.11. The lowest BCUT2D eigenvalue weighted by atomic mass is 10.1. The molecule has 58 valence electrons. The Morgan fingerprint density at radius 2 is 2.55 bits per heavy atom. The number of hydrogen-bond donors (Lipinski definition) is 1. The van der Waals surface area contributed by atoms with Gasteiger partial charge in [0.1, 0.15) is 0 Å². The minimum atomic E-state index is 0.613. The molecular formula is C8H10N2O. The molecule has 1 heterocycles. The summed E-state index contributed by atoms with van der Waals surface area (Å²) < 4.78 is 5.35. The SMILES string of the molecule is CNc1nc2c(o1)C=CCC2. The third kappa shape index (κ3) is 1.02. The first-order valence-electron chi connectivity index (χ1n) is 3.74. The van der Waals surface area contributed by atoms with Crippen molar-refractivity contribution in [1.29, 1.82) is 0 Å². The van der Waals surface area contributed by atoms with Gasteiger partial charge in [-0.05, 0) is 18.9 Å². The Balaban J connectivity index is 2.42. The van der Waals surface area contributed by atoms with Crippen LogP contribution in [0.5, 0.6) is 0 Å². The van der Waals surface area contributed by atoms with Crippen LogP contribution in [0.4, 0.5) is 6.01 Å². The van der Waals surface area contributed by atoms with E-state index >= 15 is 0 Å². The summed E-state index contributed by atoms with van der Waals surface area (Å²) >= 11 is 0. The van der Waals surface area contributed by atoms with Gasteiger partial charge in [0.2, 0.25) is 0 Å². The molecule has 0 fully saturated rings. The molecule has 1 aromatic rings. The summed E-state index contributed by atoms with van der Waals surface area (Å²) in [6.07, 6.45) is 6.15. The second kappa shape index (κ2) is 2.42. The summed E-state index contributed by atoms with van der Waals surface area (Å²) in [5.74, 6) is 0.903. The number of nitrogens with zero attached hydrogens (tertiary/aromatic N) is 1. The fourth-order valence-corrected chi connectivity index (χ4v) is 1.19. The van der Waals surface area contributed by atoms with E-state index in [9.17, 15) is 0 Å². The van der Waals surface area contributed by atoms with E-state index in [-0.39, 0.29) is 0 Å². The van der Waals surface area contributed by atoms with Crippen molar-refractivity contribution in [2.45, 2.75) is 12.8 Å². The molecule has 1 aliphatic carbocycles. The van der Waals surface area contributed by atoms with E-state index in [0.29, 0.717) is 6.01 Å². The first-order chi connectivity index (χ1) is 5.40. The van der Waals surface area contributed by atoms with Gasteiger partial charge < -0.3 is 9.73 Å². The van der Waals surface area contributed by atoms with Crippen LogP contribution in [-0.2, 0) is 6.42 Å². The fourth-order valence-electron chi connectivity index (χ4n) is 1.19. The third-order valence-corrected chi connectivity index (χ3v) is 1.76. The molecule has 0 saturated carbocycles. The van der Waals surface area contributed by atoms with Crippen molar-refractivity contribution in [2.75, 3.05) is 12.4 Å². The highest BCUT2D eigenvalue weighted by molar-refractivity contribution is 5.50. The monoisotopic (exact) mass is 150 g/mol. The van der Waals surface area contributed by atoms with Gasteiger partial charge in [-0.1, -0.05) is 6.08 Å². The number of aromatic nitrogens is 1. The molecule has 1 N–H and O–H groups in total. The lowest BCUT2D eigenvalue weighted by Crippen LogP contribution is -1.91. The molecule has 0 radical (unpaired) electrons. The number of nitrogens with one attached hydrogen (secondary N) is 1. The first-order valence-corrected chi connectivity index (χ1v) is 3.74. The Kier molecular flexibility index (Phi) is 1.42. The van der Waals surface area contributed by atoms with Crippen LogP contribution in [0.15, 0.2) is 10.5 Å². The van der Waals surface area contributed by atoms with Crippen LogP contribution in [0, 0.1) is 0 Å². The van der Waals surface area contributed by atoms with Crippen LogP contribution in [0.2, 0.25) is 0 Å². The second-order valence-electron chi connectivity index (χ2n) is 2.52. The molecule has 3 heteroatoms. The summed E-state index contributed by atoms with van der Waals surface area (Å²) in [6.45, 7) is 0. The molecule has 1 aromatic heterocycles. The van der Waals surface area contributed by atoms with Crippen molar-refractivity contribution in [2.24, 2.45) is 0 Å². The minimum absolute atomic E-state index is 0.613. The smallest absolute Gasteiger partial charge is 0.295 e. The predicted molar refractivity (Wildman–Crippen MR) is 43.4 cm³/mol. The van der Waals surface area contributed by atoms with E-state index in [2.05, 4.69) is 16.4 Å². The molecule has 3 nitrogen and oxygen atoms in total. The Bertz CT molecular complexity index is 288. The Morgan fingerprint density at radius 3 is 3.27 bits per heavy atom. The number of fused-ring (bicyclic) bond motifs is 1. The van der Waals surface area contributed by atoms with E-state index in [0.717, 1.165) is 24.3 Å². The fraction of sp³-hybridized carbons (Fsp3) is 0.375. The standard InChI is InChI=1S/C8H10N2O/c1-9-8-10-6-4-2-3-5-7(6)11-8/h3,5H,2,4H2,1H3,(H,9,10). The van der Waals surface area contributed by atoms with Crippen molar-refractivity contribution in [3.63, 3.8) is 0 Å². The van der Waals surface area contributed by atoms with Gasteiger partial charge in [0.25, 0.3) is 6.01 Å². The maximum atomic E-state index is 5.35. The molecular weight excluding hydrogens is 140 g/mol. The quantitative estimate of drug-likeness (QED) is 0.661. The van der Waals surface area contributed by atoms with E-state index in [1.165, 1.54) is 0 Å². The van der Waals surface area contributed by atoms with Crippen molar-refractivity contribution in [1.82, 2.24) is 4.98 Å². The largest absolute Gasteiger partial charge is 0.424 e. The van der Waals surface area contributed by atoms with Crippen LogP contribution in [0.1, 0.15) is 17.9 Å². The molecule has 0 saturated heterocycles. The molecule has 0 bridgehead atoms. The zero-order valence-electron chi connectivity index (χ0n) is 6.42. The van der Waals surface area contributed by atoms with Gasteiger partial charge in [-0.3, -0.25) is 0 Å². The number of anilines is 1. The molecule has 0 aliphatic heterocycles. The van der Waals surface area contributed by atoms with E-state index < -0.39 is 0 Å². The Morgan fingerprint density at radius 1 is 1.64 bits per heavy atom. The average molecular weight is 150 g/mol. The van der Waals surface area contributed by atoms with Crippen molar-refractivity contribution >= 4 is 12.1 Å². The van der Waals surface area contributed by atoms with E-state index in [4.69, 9.17) is 4.42 Å². The topological polar surface area (TPSA) is 38.1 Å². The molecule has 0 unspecified atom stereocenters. The molecule has 2 rings (SSSR count). The molecule has 11 heavy (non-hydrogen) atoms. The highest BCUT2D eigenvalue weighted by Crippen LogP contribution is 2.21. The minimum Gasteiger partial charge on any atom is -0.424 e. The van der Waals surface area contributed by atoms with Gasteiger partial charge in [0.05, 0.1) is 5.69 Å². The zero-order chi connectivity index (χ0) is 7.68. The Labute approximate surface area is 65.1 Å². The van der Waals surface area contributed by atoms with Crippen LogP contribution < -0.4 is 5.32 Å². The third-order valence-electron chi connectivity index (χ3n) is 1.76. The first kappa shape index (κ1) is 6.46. The highest BCUT2D eigenvalue weighted by atomic mass is 16.4. The summed E-state index contributed by atoms with van der Waals surface area (Å²) in [6, 6.07) is 0.613. The van der Waals surface area contributed by atoms with E-state index in [1.54, 1.807) is 7.05 Å². The average Bonchev–Trinajstić information content (AvgIpc) is 2.46. The van der Waals surface area contributed by atoms with Crippen molar-refractivity contribution in [3.8, 4) is 0 Å². The normalized spacial score (nSPS) is 14.6. The summed E-state index contributed by atoms with van der Waals surface area (Å²) in [4.78, 5) is 4.24. The second-order valence-corrected chi connectivity index (χ2v) is 2.52. The predicted octanol–water partition coefficient (Wildman–Crippen LogP) is 1.68. The van der Waals surface area contributed by atoms with Crippen molar-refractivity contribution in [3.05, 3.63) is 17.5 Å². The van der Waals surface area contributed by atoms with Crippen LogP contribution in [0.25, 0.3) is 6.08 Å². The van der Waals surface area contributed by atoms with Gasteiger partial charge in [-0.25, -0.2) is 0 Å². The summed E-state index contributed by atoms with van der Waals surface area (Å²) in [7, 11) is 1.81. The molecule has 0 amide bonds. The summed E-state index contributed by atoms with van der Waals surface area (Å²) in [5, 5.41) is 2.87. The maximum Gasteiger partial charge on any atom is 0.295 e. The van der Waals surface area contributed by atoms with E-state index in [1.807, 2.05) is 6.08 Å². The van der Waals surface area contributed by atoms with Gasteiger partial charge in [0.15, 0.2) is 5.76 Å². The number of allylic oxidation sites excluding steroid dienone is 1. The molecule has 0 aromatic carbocycles. The molecule has 1 aliphatic rings. The summed E-state index contributed by atoms with van der Waals surface area (Å²) in [5.41, 5.74) is 1.07. The van der Waals surface area contributed by atoms with Crippen LogP contribution in [0.3, 0.4) is 0 Å². The van der Waals surface area contributed by atoms with Gasteiger partial charge in [0, 0.05) is 7.05 Å². The lowest BCUT2D eigenvalue weighted by molar-refractivity contribution is 0.561. The van der Waals surface area contributed by atoms with Gasteiger partial charge in [-0.2, -0.15) is 4.98 Å². The number of aryl methyl sites for hydroxylation is 1. The van der Waals surface area contributed by atoms with Gasteiger partial charge >= 0.3 is 0 Å². The lowest BCUT2D eigenvalue weighted by Gasteiger charge is -1.97. The molecule has 0 atom stereocenters.